The van der Waals surface area contributed by atoms with Gasteiger partial charge in [-0.2, -0.15) is 5.26 Å². The van der Waals surface area contributed by atoms with Gasteiger partial charge in [0.25, 0.3) is 5.91 Å². The second kappa shape index (κ2) is 5.94. The van der Waals surface area contributed by atoms with Crippen LogP contribution in [0.5, 0.6) is 0 Å². The van der Waals surface area contributed by atoms with Crippen LogP contribution in [0.25, 0.3) is 0 Å². The van der Waals surface area contributed by atoms with Crippen molar-refractivity contribution >= 4 is 21.8 Å². The molecule has 4 nitrogen and oxygen atoms in total. The zero-order valence-corrected chi connectivity index (χ0v) is 13.4. The van der Waals surface area contributed by atoms with Crippen molar-refractivity contribution in [3.05, 3.63) is 34.3 Å². The maximum atomic E-state index is 12.5. The molecule has 1 amide bonds. The standard InChI is InChI=1S/C15H18BrN3O/c1-15(2,11-17)19-9-7-18(8-10-19)14(20)12-5-3-4-6-13(12)16/h3-6H,7-10H2,1-2H3. The Hall–Kier alpha value is -1.38. The highest BCUT2D eigenvalue weighted by atomic mass is 79.9. The fourth-order valence-corrected chi connectivity index (χ4v) is 2.80. The van der Waals surface area contributed by atoms with Gasteiger partial charge in [0.1, 0.15) is 5.54 Å². The lowest BCUT2D eigenvalue weighted by atomic mass is 10.0. The molecule has 0 aromatic heterocycles. The third-order valence-electron chi connectivity index (χ3n) is 3.74. The van der Waals surface area contributed by atoms with Crippen molar-refractivity contribution in [1.82, 2.24) is 9.80 Å². The van der Waals surface area contributed by atoms with E-state index in [-0.39, 0.29) is 5.91 Å². The molecular formula is C15H18BrN3O. The lowest BCUT2D eigenvalue weighted by molar-refractivity contribution is 0.0520. The fourth-order valence-electron chi connectivity index (χ4n) is 2.34. The van der Waals surface area contributed by atoms with Gasteiger partial charge >= 0.3 is 0 Å². The first-order valence-corrected chi connectivity index (χ1v) is 7.45. The molecule has 106 valence electrons. The first-order chi connectivity index (χ1) is 9.45. The number of benzene rings is 1. The van der Waals surface area contributed by atoms with Crippen LogP contribution in [-0.4, -0.2) is 47.4 Å². The van der Waals surface area contributed by atoms with Gasteiger partial charge in [-0.25, -0.2) is 0 Å². The van der Waals surface area contributed by atoms with Crippen LogP contribution in [0.3, 0.4) is 0 Å². The molecule has 1 heterocycles. The zero-order chi connectivity index (χ0) is 14.8. The predicted molar refractivity (Wildman–Crippen MR) is 81.3 cm³/mol. The van der Waals surface area contributed by atoms with Gasteiger partial charge in [-0.1, -0.05) is 12.1 Å². The number of hydrogen-bond acceptors (Lipinski definition) is 3. The molecule has 0 aliphatic carbocycles. The van der Waals surface area contributed by atoms with E-state index in [2.05, 4.69) is 26.9 Å². The molecule has 1 fully saturated rings. The summed E-state index contributed by atoms with van der Waals surface area (Å²) in [5, 5.41) is 9.16. The van der Waals surface area contributed by atoms with Gasteiger partial charge in [0.05, 0.1) is 11.6 Å². The number of piperazine rings is 1. The summed E-state index contributed by atoms with van der Waals surface area (Å²) in [6, 6.07) is 9.78. The van der Waals surface area contributed by atoms with Gasteiger partial charge in [-0.15, -0.1) is 0 Å². The highest BCUT2D eigenvalue weighted by molar-refractivity contribution is 9.10. The molecule has 5 heteroatoms. The maximum absolute atomic E-state index is 12.5. The van der Waals surface area contributed by atoms with E-state index in [0.717, 1.165) is 17.6 Å². The number of rotatable bonds is 2. The largest absolute Gasteiger partial charge is 0.336 e. The van der Waals surface area contributed by atoms with Crippen molar-refractivity contribution in [3.63, 3.8) is 0 Å². The van der Waals surface area contributed by atoms with Gasteiger partial charge in [0.2, 0.25) is 0 Å². The van der Waals surface area contributed by atoms with E-state index >= 15 is 0 Å². The van der Waals surface area contributed by atoms with Crippen molar-refractivity contribution in [2.45, 2.75) is 19.4 Å². The van der Waals surface area contributed by atoms with Crippen LogP contribution < -0.4 is 0 Å². The molecule has 1 aliphatic heterocycles. The van der Waals surface area contributed by atoms with Gasteiger partial charge in [0, 0.05) is 30.7 Å². The van der Waals surface area contributed by atoms with E-state index < -0.39 is 5.54 Å². The molecule has 0 radical (unpaired) electrons. The van der Waals surface area contributed by atoms with Crippen LogP contribution >= 0.6 is 15.9 Å². The monoisotopic (exact) mass is 335 g/mol. The molecule has 0 unspecified atom stereocenters. The highest BCUT2D eigenvalue weighted by Gasteiger charge is 2.31. The van der Waals surface area contributed by atoms with Crippen molar-refractivity contribution in [3.8, 4) is 6.07 Å². The molecule has 0 atom stereocenters. The van der Waals surface area contributed by atoms with Gasteiger partial charge in [0.15, 0.2) is 0 Å². The Labute approximate surface area is 128 Å². The Morgan fingerprint density at radius 2 is 1.85 bits per heavy atom. The summed E-state index contributed by atoms with van der Waals surface area (Å²) in [5.74, 6) is 0.0480. The lowest BCUT2D eigenvalue weighted by Crippen LogP contribution is -2.55. The van der Waals surface area contributed by atoms with E-state index in [1.807, 2.05) is 43.0 Å². The molecule has 2 rings (SSSR count). The summed E-state index contributed by atoms with van der Waals surface area (Å²) in [4.78, 5) is 16.4. The quantitative estimate of drug-likeness (QED) is 0.834. The summed E-state index contributed by atoms with van der Waals surface area (Å²) in [5.41, 5.74) is 0.225. The van der Waals surface area contributed by atoms with Crippen LogP contribution in [-0.2, 0) is 0 Å². The van der Waals surface area contributed by atoms with Crippen LogP contribution in [0.1, 0.15) is 24.2 Å². The fraction of sp³-hybridized carbons (Fsp3) is 0.467. The lowest BCUT2D eigenvalue weighted by Gasteiger charge is -2.40. The average molecular weight is 336 g/mol. The molecule has 1 aromatic rings. The molecule has 0 saturated carbocycles. The molecule has 0 spiro atoms. The van der Waals surface area contributed by atoms with E-state index in [4.69, 9.17) is 5.26 Å². The van der Waals surface area contributed by atoms with Gasteiger partial charge < -0.3 is 4.90 Å². The minimum Gasteiger partial charge on any atom is -0.336 e. The zero-order valence-electron chi connectivity index (χ0n) is 11.8. The van der Waals surface area contributed by atoms with E-state index in [1.54, 1.807) is 0 Å². The molecular weight excluding hydrogens is 318 g/mol. The minimum atomic E-state index is -0.470. The summed E-state index contributed by atoms with van der Waals surface area (Å²) in [6.45, 7) is 6.61. The number of halogens is 1. The minimum absolute atomic E-state index is 0.0480. The van der Waals surface area contributed by atoms with Gasteiger partial charge in [-0.05, 0) is 41.9 Å². The Kier molecular flexibility index (Phi) is 4.46. The number of hydrogen-bond donors (Lipinski definition) is 0. The first-order valence-electron chi connectivity index (χ1n) is 6.66. The third kappa shape index (κ3) is 3.02. The number of amides is 1. The van der Waals surface area contributed by atoms with E-state index in [1.165, 1.54) is 0 Å². The smallest absolute Gasteiger partial charge is 0.255 e. The maximum Gasteiger partial charge on any atom is 0.255 e. The normalized spacial score (nSPS) is 16.8. The third-order valence-corrected chi connectivity index (χ3v) is 4.43. The number of nitriles is 1. The predicted octanol–water partition coefficient (Wildman–Crippen LogP) is 2.51. The highest BCUT2D eigenvalue weighted by Crippen LogP contribution is 2.20. The molecule has 1 saturated heterocycles. The topological polar surface area (TPSA) is 47.3 Å². The summed E-state index contributed by atoms with van der Waals surface area (Å²) < 4.78 is 0.824. The van der Waals surface area contributed by atoms with Crippen LogP contribution in [0.4, 0.5) is 0 Å². The number of carbonyl (C=O) groups is 1. The average Bonchev–Trinajstić information content (AvgIpc) is 2.47. The summed E-state index contributed by atoms with van der Waals surface area (Å²) in [7, 11) is 0. The molecule has 20 heavy (non-hydrogen) atoms. The Morgan fingerprint density at radius 3 is 2.40 bits per heavy atom. The second-order valence-corrected chi connectivity index (χ2v) is 6.28. The second-order valence-electron chi connectivity index (χ2n) is 5.43. The Morgan fingerprint density at radius 1 is 1.25 bits per heavy atom. The van der Waals surface area contributed by atoms with Crippen molar-refractivity contribution in [2.24, 2.45) is 0 Å². The molecule has 1 aliphatic rings. The van der Waals surface area contributed by atoms with Gasteiger partial charge in [-0.3, -0.25) is 9.69 Å². The van der Waals surface area contributed by atoms with Crippen molar-refractivity contribution in [2.75, 3.05) is 26.2 Å². The summed E-state index contributed by atoms with van der Waals surface area (Å²) >= 11 is 3.42. The van der Waals surface area contributed by atoms with E-state index in [9.17, 15) is 4.79 Å². The Balaban J connectivity index is 2.03. The SMILES string of the molecule is CC(C)(C#N)N1CCN(C(=O)c2ccccc2Br)CC1. The first kappa shape index (κ1) is 15.0. The summed E-state index contributed by atoms with van der Waals surface area (Å²) in [6.07, 6.45) is 0. The van der Waals surface area contributed by atoms with Crippen LogP contribution in [0.15, 0.2) is 28.7 Å². The molecule has 0 N–H and O–H groups in total. The molecule has 0 bridgehead atoms. The number of nitrogens with zero attached hydrogens (tertiary/aromatic N) is 3. The van der Waals surface area contributed by atoms with E-state index in [0.29, 0.717) is 18.7 Å². The van der Waals surface area contributed by atoms with Crippen molar-refractivity contribution in [1.29, 1.82) is 5.26 Å². The van der Waals surface area contributed by atoms with Crippen LogP contribution in [0.2, 0.25) is 0 Å². The molecule has 1 aromatic carbocycles. The van der Waals surface area contributed by atoms with Crippen molar-refractivity contribution < 1.29 is 4.79 Å². The Bertz CT molecular complexity index is 542. The number of carbonyl (C=O) groups excluding carboxylic acids is 1. The van der Waals surface area contributed by atoms with Crippen LogP contribution in [0, 0.1) is 11.3 Å².